The van der Waals surface area contributed by atoms with Crippen LogP contribution in [0.3, 0.4) is 0 Å². The van der Waals surface area contributed by atoms with E-state index in [0.717, 1.165) is 17.7 Å². The maximum absolute atomic E-state index is 13.6. The van der Waals surface area contributed by atoms with E-state index < -0.39 is 23.2 Å². The number of halogens is 2. The Morgan fingerprint density at radius 3 is 2.10 bits per heavy atom. The first-order valence-corrected chi connectivity index (χ1v) is 5.95. The van der Waals surface area contributed by atoms with Gasteiger partial charge in [0.05, 0.1) is 0 Å². The molecule has 0 aliphatic carbocycles. The van der Waals surface area contributed by atoms with Gasteiger partial charge < -0.3 is 5.11 Å². The summed E-state index contributed by atoms with van der Waals surface area (Å²) >= 11 is 0. The summed E-state index contributed by atoms with van der Waals surface area (Å²) < 4.78 is 27.2. The number of aromatic carboxylic acids is 1. The first kappa shape index (κ1) is 13.9. The Hall–Kier alpha value is -2.49. The van der Waals surface area contributed by atoms with Crippen molar-refractivity contribution in [1.82, 2.24) is 0 Å². The Kier molecular flexibility index (Phi) is 3.94. The van der Waals surface area contributed by atoms with Crippen LogP contribution in [0.1, 0.15) is 15.9 Å². The monoisotopic (exact) mass is 274 g/mol. The molecule has 2 nitrogen and oxygen atoms in total. The molecule has 0 aromatic heterocycles. The Bertz CT molecular complexity index is 638. The number of carbonyl (C=O) groups is 1. The van der Waals surface area contributed by atoms with Gasteiger partial charge in [-0.25, -0.2) is 13.6 Å². The van der Waals surface area contributed by atoms with E-state index in [-0.39, 0.29) is 0 Å². The number of allylic oxidation sites excluding steroid dienone is 1. The molecule has 1 N–H and O–H groups in total. The zero-order valence-electron chi connectivity index (χ0n) is 10.6. The molecule has 0 saturated heterocycles. The Morgan fingerprint density at radius 1 is 1.10 bits per heavy atom. The van der Waals surface area contributed by atoms with Crippen LogP contribution in [0, 0.1) is 11.6 Å². The minimum Gasteiger partial charge on any atom is -0.477 e. The molecule has 2 rings (SSSR count). The van der Waals surface area contributed by atoms with E-state index in [9.17, 15) is 13.6 Å². The zero-order valence-corrected chi connectivity index (χ0v) is 10.6. The lowest BCUT2D eigenvalue weighted by molar-refractivity contribution is 0.0686. The summed E-state index contributed by atoms with van der Waals surface area (Å²) in [7, 11) is 0. The molecule has 0 heterocycles. The number of carboxylic acid groups (broad SMARTS) is 1. The van der Waals surface area contributed by atoms with Crippen LogP contribution in [0.15, 0.2) is 49.1 Å². The second-order valence-corrected chi connectivity index (χ2v) is 4.31. The molecule has 2 aromatic rings. The molecule has 20 heavy (non-hydrogen) atoms. The second-order valence-electron chi connectivity index (χ2n) is 4.31. The van der Waals surface area contributed by atoms with E-state index in [0.29, 0.717) is 17.5 Å². The number of carboxylic acids is 1. The minimum absolute atomic E-state index is 0.301. The van der Waals surface area contributed by atoms with Gasteiger partial charge in [0, 0.05) is 0 Å². The molecule has 0 bridgehead atoms. The lowest BCUT2D eigenvalue weighted by atomic mass is 10.0. The Labute approximate surface area is 115 Å². The van der Waals surface area contributed by atoms with Crippen LogP contribution in [0.4, 0.5) is 8.78 Å². The van der Waals surface area contributed by atoms with Crippen molar-refractivity contribution >= 4 is 5.97 Å². The van der Waals surface area contributed by atoms with E-state index >= 15 is 0 Å². The molecule has 0 fully saturated rings. The molecule has 4 heteroatoms. The molecule has 0 amide bonds. The largest absolute Gasteiger partial charge is 0.477 e. The fourth-order valence-corrected chi connectivity index (χ4v) is 1.94. The van der Waals surface area contributed by atoms with Crippen LogP contribution in [0.25, 0.3) is 11.1 Å². The molecule has 102 valence electrons. The predicted molar refractivity (Wildman–Crippen MR) is 72.7 cm³/mol. The third-order valence-corrected chi connectivity index (χ3v) is 2.92. The zero-order chi connectivity index (χ0) is 14.7. The SMILES string of the molecule is C=CCc1ccc(-c2cc(F)c(C(=O)O)c(F)c2)cc1. The molecule has 0 aliphatic heterocycles. The molecule has 2 aromatic carbocycles. The van der Waals surface area contributed by atoms with E-state index in [1.54, 1.807) is 18.2 Å². The summed E-state index contributed by atoms with van der Waals surface area (Å²) in [6.45, 7) is 3.63. The van der Waals surface area contributed by atoms with Crippen LogP contribution in [0.2, 0.25) is 0 Å². The fraction of sp³-hybridized carbons (Fsp3) is 0.0625. The first-order valence-electron chi connectivity index (χ1n) is 5.95. The van der Waals surface area contributed by atoms with Crippen molar-refractivity contribution in [3.05, 3.63) is 71.8 Å². The summed E-state index contributed by atoms with van der Waals surface area (Å²) in [6.07, 6.45) is 2.47. The smallest absolute Gasteiger partial charge is 0.341 e. The molecule has 0 atom stereocenters. The lowest BCUT2D eigenvalue weighted by Crippen LogP contribution is -2.04. The Morgan fingerprint density at radius 2 is 1.65 bits per heavy atom. The average Bonchev–Trinajstić information content (AvgIpc) is 2.38. The van der Waals surface area contributed by atoms with Crippen molar-refractivity contribution in [3.63, 3.8) is 0 Å². The molecule has 0 radical (unpaired) electrons. The van der Waals surface area contributed by atoms with Crippen molar-refractivity contribution in [2.24, 2.45) is 0 Å². The van der Waals surface area contributed by atoms with Gasteiger partial charge in [0.2, 0.25) is 0 Å². The van der Waals surface area contributed by atoms with Crippen LogP contribution < -0.4 is 0 Å². The van der Waals surface area contributed by atoms with Crippen molar-refractivity contribution in [2.75, 3.05) is 0 Å². The van der Waals surface area contributed by atoms with Crippen LogP contribution in [-0.2, 0) is 6.42 Å². The topological polar surface area (TPSA) is 37.3 Å². The maximum Gasteiger partial charge on any atom is 0.341 e. The highest BCUT2D eigenvalue weighted by Gasteiger charge is 2.18. The van der Waals surface area contributed by atoms with Crippen LogP contribution >= 0.6 is 0 Å². The van der Waals surface area contributed by atoms with Gasteiger partial charge in [0.15, 0.2) is 0 Å². The number of hydrogen-bond donors (Lipinski definition) is 1. The highest BCUT2D eigenvalue weighted by Crippen LogP contribution is 2.25. The normalized spacial score (nSPS) is 10.3. The number of rotatable bonds is 4. The number of benzene rings is 2. The van der Waals surface area contributed by atoms with Gasteiger partial charge in [-0.05, 0) is 35.2 Å². The van der Waals surface area contributed by atoms with Gasteiger partial charge >= 0.3 is 5.97 Å². The molecule has 0 unspecified atom stereocenters. The second kappa shape index (κ2) is 5.65. The molecular formula is C16H12F2O2. The van der Waals surface area contributed by atoms with Crippen LogP contribution in [-0.4, -0.2) is 11.1 Å². The predicted octanol–water partition coefficient (Wildman–Crippen LogP) is 4.06. The van der Waals surface area contributed by atoms with Crippen molar-refractivity contribution in [3.8, 4) is 11.1 Å². The van der Waals surface area contributed by atoms with Gasteiger partial charge in [-0.1, -0.05) is 30.3 Å². The van der Waals surface area contributed by atoms with Gasteiger partial charge in [0.1, 0.15) is 17.2 Å². The summed E-state index contributed by atoms with van der Waals surface area (Å²) in [6, 6.07) is 9.17. The van der Waals surface area contributed by atoms with E-state index in [1.807, 2.05) is 12.1 Å². The van der Waals surface area contributed by atoms with Gasteiger partial charge in [-0.15, -0.1) is 6.58 Å². The molecule has 0 spiro atoms. The minimum atomic E-state index is -1.62. The summed E-state index contributed by atoms with van der Waals surface area (Å²) in [5.41, 5.74) is 1.02. The van der Waals surface area contributed by atoms with Crippen molar-refractivity contribution in [2.45, 2.75) is 6.42 Å². The molecule has 0 aliphatic rings. The fourth-order valence-electron chi connectivity index (χ4n) is 1.94. The molecule has 0 saturated carbocycles. The van der Waals surface area contributed by atoms with E-state index in [4.69, 9.17) is 5.11 Å². The summed E-state index contributed by atoms with van der Waals surface area (Å²) in [4.78, 5) is 10.7. The van der Waals surface area contributed by atoms with E-state index in [2.05, 4.69) is 6.58 Å². The van der Waals surface area contributed by atoms with Crippen molar-refractivity contribution in [1.29, 1.82) is 0 Å². The highest BCUT2D eigenvalue weighted by atomic mass is 19.1. The van der Waals surface area contributed by atoms with E-state index in [1.165, 1.54) is 0 Å². The van der Waals surface area contributed by atoms with Crippen LogP contribution in [0.5, 0.6) is 0 Å². The molecular weight excluding hydrogens is 262 g/mol. The number of hydrogen-bond acceptors (Lipinski definition) is 1. The van der Waals surface area contributed by atoms with Crippen molar-refractivity contribution < 1.29 is 18.7 Å². The maximum atomic E-state index is 13.6. The summed E-state index contributed by atoms with van der Waals surface area (Å²) in [5.74, 6) is -3.78. The highest BCUT2D eigenvalue weighted by molar-refractivity contribution is 5.89. The standard InChI is InChI=1S/C16H12F2O2/c1-2-3-10-4-6-11(7-5-10)12-8-13(17)15(16(19)20)14(18)9-12/h2,4-9H,1,3H2,(H,19,20). The Balaban J connectivity index is 2.43. The third-order valence-electron chi connectivity index (χ3n) is 2.92. The average molecular weight is 274 g/mol. The van der Waals surface area contributed by atoms with Gasteiger partial charge in [-0.2, -0.15) is 0 Å². The van der Waals surface area contributed by atoms with Gasteiger partial charge in [0.25, 0.3) is 0 Å². The van der Waals surface area contributed by atoms with Gasteiger partial charge in [-0.3, -0.25) is 0 Å². The third kappa shape index (κ3) is 2.74. The first-order chi connectivity index (χ1) is 9.52. The summed E-state index contributed by atoms with van der Waals surface area (Å²) in [5, 5.41) is 8.71. The quantitative estimate of drug-likeness (QED) is 0.854. The lowest BCUT2D eigenvalue weighted by Gasteiger charge is -2.06.